The standard InChI is InChI=1S/C20H17N3O3/c1-12-4-6-13(7-5-12)19(25)23-20-21-11-15-16(22-20)9-14(10-17(15)24)18-3-2-8-26-18/h2-8,11,14H,9-10H2,1H3,(H,21,22,23,25)/t14-/m0/s1. The molecule has 0 bridgehead atoms. The first-order valence-corrected chi connectivity index (χ1v) is 8.40. The van der Waals surface area contributed by atoms with Gasteiger partial charge in [-0.2, -0.15) is 0 Å². The first-order chi connectivity index (χ1) is 12.6. The highest BCUT2D eigenvalue weighted by atomic mass is 16.3. The maximum atomic E-state index is 12.4. The predicted octanol–water partition coefficient (Wildman–Crippen LogP) is 3.54. The van der Waals surface area contributed by atoms with Crippen molar-refractivity contribution in [2.75, 3.05) is 5.32 Å². The van der Waals surface area contributed by atoms with Crippen LogP contribution in [0.2, 0.25) is 0 Å². The van der Waals surface area contributed by atoms with Crippen LogP contribution >= 0.6 is 0 Å². The van der Waals surface area contributed by atoms with Gasteiger partial charge in [0.25, 0.3) is 5.91 Å². The third-order valence-corrected chi connectivity index (χ3v) is 4.52. The molecule has 26 heavy (non-hydrogen) atoms. The number of nitrogens with zero attached hydrogens (tertiary/aromatic N) is 2. The van der Waals surface area contributed by atoms with Gasteiger partial charge in [-0.3, -0.25) is 14.9 Å². The lowest BCUT2D eigenvalue weighted by molar-refractivity contribution is 0.0958. The van der Waals surface area contributed by atoms with E-state index in [1.807, 2.05) is 31.2 Å². The number of rotatable bonds is 3. The van der Waals surface area contributed by atoms with E-state index in [1.54, 1.807) is 18.4 Å². The summed E-state index contributed by atoms with van der Waals surface area (Å²) in [6, 6.07) is 10.9. The minimum absolute atomic E-state index is 0.0101. The summed E-state index contributed by atoms with van der Waals surface area (Å²) in [5.41, 5.74) is 2.76. The second kappa shape index (κ2) is 6.55. The predicted molar refractivity (Wildman–Crippen MR) is 95.3 cm³/mol. The number of aryl methyl sites for hydroxylation is 1. The highest BCUT2D eigenvalue weighted by Gasteiger charge is 2.29. The summed E-state index contributed by atoms with van der Waals surface area (Å²) in [4.78, 5) is 33.2. The topological polar surface area (TPSA) is 85.1 Å². The zero-order valence-corrected chi connectivity index (χ0v) is 14.2. The van der Waals surface area contributed by atoms with Gasteiger partial charge in [0.1, 0.15) is 5.76 Å². The average molecular weight is 347 g/mol. The zero-order chi connectivity index (χ0) is 18.1. The van der Waals surface area contributed by atoms with Crippen LogP contribution in [0.4, 0.5) is 5.95 Å². The summed E-state index contributed by atoms with van der Waals surface area (Å²) in [7, 11) is 0. The second-order valence-electron chi connectivity index (χ2n) is 6.42. The Bertz CT molecular complexity index is 962. The molecule has 1 aromatic carbocycles. The quantitative estimate of drug-likeness (QED) is 0.783. The summed E-state index contributed by atoms with van der Waals surface area (Å²) in [6.45, 7) is 1.96. The van der Waals surface area contributed by atoms with Gasteiger partial charge in [-0.25, -0.2) is 9.97 Å². The van der Waals surface area contributed by atoms with E-state index in [9.17, 15) is 9.59 Å². The van der Waals surface area contributed by atoms with Gasteiger partial charge in [0, 0.05) is 30.5 Å². The first kappa shape index (κ1) is 16.2. The van der Waals surface area contributed by atoms with E-state index in [0.717, 1.165) is 11.3 Å². The highest BCUT2D eigenvalue weighted by Crippen LogP contribution is 2.32. The Morgan fingerprint density at radius 2 is 2.00 bits per heavy atom. The highest BCUT2D eigenvalue weighted by molar-refractivity contribution is 6.03. The maximum absolute atomic E-state index is 12.4. The largest absolute Gasteiger partial charge is 0.469 e. The van der Waals surface area contributed by atoms with E-state index in [2.05, 4.69) is 15.3 Å². The van der Waals surface area contributed by atoms with Gasteiger partial charge >= 0.3 is 0 Å². The second-order valence-corrected chi connectivity index (χ2v) is 6.42. The monoisotopic (exact) mass is 347 g/mol. The Morgan fingerprint density at radius 3 is 2.73 bits per heavy atom. The average Bonchev–Trinajstić information content (AvgIpc) is 3.16. The summed E-state index contributed by atoms with van der Waals surface area (Å²) in [6.07, 6.45) is 4.04. The SMILES string of the molecule is Cc1ccc(C(=O)Nc2ncc3c(n2)C[C@H](c2ccco2)CC3=O)cc1. The Labute approximate surface area is 150 Å². The van der Waals surface area contributed by atoms with Crippen molar-refractivity contribution >= 4 is 17.6 Å². The number of carbonyl (C=O) groups is 2. The zero-order valence-electron chi connectivity index (χ0n) is 14.2. The van der Waals surface area contributed by atoms with Gasteiger partial charge in [0.2, 0.25) is 5.95 Å². The van der Waals surface area contributed by atoms with Crippen LogP contribution in [-0.2, 0) is 6.42 Å². The Kier molecular flexibility index (Phi) is 4.08. The lowest BCUT2D eigenvalue weighted by Gasteiger charge is -2.21. The van der Waals surface area contributed by atoms with Crippen LogP contribution in [0.25, 0.3) is 0 Å². The Morgan fingerprint density at radius 1 is 1.19 bits per heavy atom. The molecule has 1 amide bonds. The molecule has 6 nitrogen and oxygen atoms in total. The van der Waals surface area contributed by atoms with Gasteiger partial charge in [-0.15, -0.1) is 0 Å². The lowest BCUT2D eigenvalue weighted by atomic mass is 9.85. The smallest absolute Gasteiger partial charge is 0.258 e. The first-order valence-electron chi connectivity index (χ1n) is 8.40. The number of aromatic nitrogens is 2. The molecule has 6 heteroatoms. The fourth-order valence-corrected chi connectivity index (χ4v) is 3.11. The third-order valence-electron chi connectivity index (χ3n) is 4.52. The molecule has 0 unspecified atom stereocenters. The molecule has 1 atom stereocenters. The van der Waals surface area contributed by atoms with Crippen molar-refractivity contribution in [1.82, 2.24) is 9.97 Å². The molecule has 0 spiro atoms. The molecule has 0 fully saturated rings. The summed E-state index contributed by atoms with van der Waals surface area (Å²) < 4.78 is 5.43. The van der Waals surface area contributed by atoms with Crippen LogP contribution in [0, 0.1) is 6.92 Å². The fraction of sp³-hybridized carbons (Fsp3) is 0.200. The molecule has 3 aromatic rings. The number of hydrogen-bond donors (Lipinski definition) is 1. The molecule has 0 aliphatic heterocycles. The number of anilines is 1. The molecule has 4 rings (SSSR count). The van der Waals surface area contributed by atoms with Crippen molar-refractivity contribution in [3.05, 3.63) is 77.0 Å². The number of Topliss-reactive ketones (excluding diaryl/α,β-unsaturated/α-hetero) is 1. The van der Waals surface area contributed by atoms with Gasteiger partial charge < -0.3 is 4.42 Å². The van der Waals surface area contributed by atoms with E-state index < -0.39 is 0 Å². The summed E-state index contributed by atoms with van der Waals surface area (Å²) >= 11 is 0. The molecule has 1 aliphatic rings. The fourth-order valence-electron chi connectivity index (χ4n) is 3.11. The van der Waals surface area contributed by atoms with Crippen LogP contribution in [0.1, 0.15) is 50.1 Å². The molecular weight excluding hydrogens is 330 g/mol. The van der Waals surface area contributed by atoms with E-state index >= 15 is 0 Å². The number of furan rings is 1. The Balaban J connectivity index is 1.56. The van der Waals surface area contributed by atoms with Gasteiger partial charge in [-0.1, -0.05) is 17.7 Å². The minimum atomic E-state index is -0.283. The molecule has 2 aromatic heterocycles. The van der Waals surface area contributed by atoms with E-state index in [1.165, 1.54) is 6.20 Å². The number of fused-ring (bicyclic) bond motifs is 1. The van der Waals surface area contributed by atoms with Gasteiger partial charge in [-0.05, 0) is 31.2 Å². The molecule has 0 radical (unpaired) electrons. The van der Waals surface area contributed by atoms with Crippen molar-refractivity contribution in [2.24, 2.45) is 0 Å². The normalized spacial score (nSPS) is 16.2. The number of amides is 1. The van der Waals surface area contributed by atoms with Gasteiger partial charge in [0.15, 0.2) is 5.78 Å². The van der Waals surface area contributed by atoms with Crippen molar-refractivity contribution in [1.29, 1.82) is 0 Å². The number of ketones is 1. The summed E-state index contributed by atoms with van der Waals surface area (Å²) in [5.74, 6) is 0.634. The van der Waals surface area contributed by atoms with Crippen molar-refractivity contribution < 1.29 is 14.0 Å². The van der Waals surface area contributed by atoms with E-state index in [4.69, 9.17) is 4.42 Å². The molecule has 1 N–H and O–H groups in total. The number of hydrogen-bond acceptors (Lipinski definition) is 5. The third kappa shape index (κ3) is 3.13. The van der Waals surface area contributed by atoms with Crippen LogP contribution in [0.15, 0.2) is 53.3 Å². The van der Waals surface area contributed by atoms with Crippen molar-refractivity contribution in [3.8, 4) is 0 Å². The van der Waals surface area contributed by atoms with E-state index in [0.29, 0.717) is 29.7 Å². The van der Waals surface area contributed by atoms with Crippen LogP contribution < -0.4 is 5.32 Å². The van der Waals surface area contributed by atoms with Crippen molar-refractivity contribution in [2.45, 2.75) is 25.7 Å². The van der Waals surface area contributed by atoms with Crippen molar-refractivity contribution in [3.63, 3.8) is 0 Å². The number of carbonyl (C=O) groups excluding carboxylic acids is 2. The maximum Gasteiger partial charge on any atom is 0.258 e. The van der Waals surface area contributed by atoms with Gasteiger partial charge in [0.05, 0.1) is 17.5 Å². The molecule has 0 saturated carbocycles. The Hall–Kier alpha value is -3.28. The molecule has 0 saturated heterocycles. The van der Waals surface area contributed by atoms with Crippen LogP contribution in [0.5, 0.6) is 0 Å². The van der Waals surface area contributed by atoms with E-state index in [-0.39, 0.29) is 23.6 Å². The summed E-state index contributed by atoms with van der Waals surface area (Å²) in [5, 5.41) is 2.70. The van der Waals surface area contributed by atoms with Crippen LogP contribution in [-0.4, -0.2) is 21.7 Å². The molecule has 2 heterocycles. The molecular formula is C20H17N3O3. The molecule has 130 valence electrons. The minimum Gasteiger partial charge on any atom is -0.469 e. The van der Waals surface area contributed by atoms with Crippen LogP contribution in [0.3, 0.4) is 0 Å². The molecule has 1 aliphatic carbocycles. The lowest BCUT2D eigenvalue weighted by Crippen LogP contribution is -2.22. The number of nitrogens with one attached hydrogen (secondary N) is 1. The number of benzene rings is 1.